The number of halogens is 1. The number of hydrogen-bond donors (Lipinski definition) is 0. The minimum atomic E-state index is 0.504. The molecule has 0 atom stereocenters. The van der Waals surface area contributed by atoms with E-state index < -0.39 is 0 Å². The summed E-state index contributed by atoms with van der Waals surface area (Å²) in [6, 6.07) is 10.3. The Hall–Kier alpha value is -1.02. The minimum Gasteiger partial charge on any atom is -0.344 e. The molecule has 1 amide bonds. The van der Waals surface area contributed by atoms with E-state index in [1.54, 1.807) is 4.90 Å². The van der Waals surface area contributed by atoms with Crippen molar-refractivity contribution in [3.63, 3.8) is 0 Å². The fraction of sp³-hybridized carbons (Fsp3) is 0.417. The van der Waals surface area contributed by atoms with Gasteiger partial charge in [0.1, 0.15) is 0 Å². The van der Waals surface area contributed by atoms with E-state index in [0.29, 0.717) is 12.4 Å². The van der Waals surface area contributed by atoms with Gasteiger partial charge < -0.3 is 4.90 Å². The van der Waals surface area contributed by atoms with Crippen LogP contribution in [0.1, 0.15) is 12.0 Å². The second-order valence-electron chi connectivity index (χ2n) is 3.42. The summed E-state index contributed by atoms with van der Waals surface area (Å²) in [7, 11) is 0. The second-order valence-corrected chi connectivity index (χ2v) is 3.80. The number of amides is 1. The quantitative estimate of drug-likeness (QED) is 0.515. The third-order valence-electron chi connectivity index (χ3n) is 2.27. The molecular weight excluding hydrogens is 210 g/mol. The molecule has 1 aromatic rings. The molecule has 1 aromatic carbocycles. The molecule has 0 saturated heterocycles. The van der Waals surface area contributed by atoms with Crippen LogP contribution in [-0.4, -0.2) is 30.3 Å². The highest BCUT2D eigenvalue weighted by molar-refractivity contribution is 6.18. The maximum Gasteiger partial charge on any atom is 0.209 e. The van der Waals surface area contributed by atoms with Gasteiger partial charge in [-0.1, -0.05) is 30.3 Å². The lowest BCUT2D eigenvalue weighted by atomic mass is 10.1. The zero-order valence-electron chi connectivity index (χ0n) is 8.73. The number of nitrogens with zero attached hydrogens (tertiary/aromatic N) is 1. The van der Waals surface area contributed by atoms with Crippen molar-refractivity contribution < 1.29 is 4.79 Å². The monoisotopic (exact) mass is 225 g/mol. The van der Waals surface area contributed by atoms with Crippen molar-refractivity contribution in [2.45, 2.75) is 12.8 Å². The number of alkyl halides is 1. The lowest BCUT2D eigenvalue weighted by molar-refractivity contribution is -0.118. The lowest BCUT2D eigenvalue weighted by Crippen LogP contribution is -2.25. The lowest BCUT2D eigenvalue weighted by Gasteiger charge is -2.15. The molecule has 1 rings (SSSR count). The molecule has 15 heavy (non-hydrogen) atoms. The summed E-state index contributed by atoms with van der Waals surface area (Å²) in [5.74, 6) is 0.504. The SMILES string of the molecule is O=CN(CCCl)CCCc1ccccc1. The van der Waals surface area contributed by atoms with Crippen LogP contribution in [0.3, 0.4) is 0 Å². The van der Waals surface area contributed by atoms with E-state index in [1.165, 1.54) is 5.56 Å². The highest BCUT2D eigenvalue weighted by Crippen LogP contribution is 2.02. The van der Waals surface area contributed by atoms with Crippen molar-refractivity contribution in [3.8, 4) is 0 Å². The first-order valence-corrected chi connectivity index (χ1v) is 5.69. The topological polar surface area (TPSA) is 20.3 Å². The molecular formula is C12H16ClNO. The average molecular weight is 226 g/mol. The third kappa shape index (κ3) is 4.84. The van der Waals surface area contributed by atoms with Gasteiger partial charge in [0, 0.05) is 19.0 Å². The Labute approximate surface area is 95.8 Å². The molecule has 0 aliphatic heterocycles. The smallest absolute Gasteiger partial charge is 0.209 e. The molecule has 0 saturated carbocycles. The molecule has 0 unspecified atom stereocenters. The number of hydrogen-bond acceptors (Lipinski definition) is 1. The highest BCUT2D eigenvalue weighted by atomic mass is 35.5. The average Bonchev–Trinajstić information content (AvgIpc) is 2.29. The molecule has 0 heterocycles. The van der Waals surface area contributed by atoms with Crippen LogP contribution < -0.4 is 0 Å². The number of rotatable bonds is 7. The second kappa shape index (κ2) is 7.30. The molecule has 82 valence electrons. The van der Waals surface area contributed by atoms with Crippen LogP contribution in [-0.2, 0) is 11.2 Å². The predicted molar refractivity (Wildman–Crippen MR) is 63.1 cm³/mol. The van der Waals surface area contributed by atoms with Crippen molar-refractivity contribution in [3.05, 3.63) is 35.9 Å². The predicted octanol–water partition coefficient (Wildman–Crippen LogP) is 2.32. The van der Waals surface area contributed by atoms with Gasteiger partial charge in [0.15, 0.2) is 0 Å². The van der Waals surface area contributed by atoms with Crippen LogP contribution in [0.15, 0.2) is 30.3 Å². The fourth-order valence-corrected chi connectivity index (χ4v) is 1.67. The summed E-state index contributed by atoms with van der Waals surface area (Å²) in [6.07, 6.45) is 2.86. The zero-order chi connectivity index (χ0) is 10.9. The van der Waals surface area contributed by atoms with Crippen molar-refractivity contribution in [1.82, 2.24) is 4.90 Å². The van der Waals surface area contributed by atoms with Crippen LogP contribution in [0, 0.1) is 0 Å². The van der Waals surface area contributed by atoms with Crippen molar-refractivity contribution in [2.24, 2.45) is 0 Å². The van der Waals surface area contributed by atoms with E-state index in [1.807, 2.05) is 18.2 Å². The van der Waals surface area contributed by atoms with Crippen molar-refractivity contribution >= 4 is 18.0 Å². The zero-order valence-corrected chi connectivity index (χ0v) is 9.49. The Kier molecular flexibility index (Phi) is 5.86. The van der Waals surface area contributed by atoms with Gasteiger partial charge in [-0.2, -0.15) is 0 Å². The minimum absolute atomic E-state index is 0.504. The van der Waals surface area contributed by atoms with Crippen LogP contribution >= 0.6 is 11.6 Å². The van der Waals surface area contributed by atoms with Crippen LogP contribution in [0.5, 0.6) is 0 Å². The van der Waals surface area contributed by atoms with E-state index in [0.717, 1.165) is 25.8 Å². The third-order valence-corrected chi connectivity index (χ3v) is 2.44. The normalized spacial score (nSPS) is 9.93. The van der Waals surface area contributed by atoms with Crippen LogP contribution in [0.4, 0.5) is 0 Å². The molecule has 0 bridgehead atoms. The number of aryl methyl sites for hydroxylation is 1. The number of benzene rings is 1. The maximum absolute atomic E-state index is 10.6. The Morgan fingerprint density at radius 3 is 2.53 bits per heavy atom. The fourth-order valence-electron chi connectivity index (χ4n) is 1.46. The molecule has 0 N–H and O–H groups in total. The van der Waals surface area contributed by atoms with Gasteiger partial charge in [-0.05, 0) is 18.4 Å². The summed E-state index contributed by atoms with van der Waals surface area (Å²) < 4.78 is 0. The van der Waals surface area contributed by atoms with E-state index in [2.05, 4.69) is 12.1 Å². The van der Waals surface area contributed by atoms with Gasteiger partial charge in [-0.15, -0.1) is 11.6 Å². The molecule has 0 aliphatic rings. The van der Waals surface area contributed by atoms with Crippen molar-refractivity contribution in [2.75, 3.05) is 19.0 Å². The summed E-state index contributed by atoms with van der Waals surface area (Å²) >= 11 is 5.57. The maximum atomic E-state index is 10.6. The van der Waals surface area contributed by atoms with Gasteiger partial charge in [0.05, 0.1) is 0 Å². The Morgan fingerprint density at radius 1 is 1.20 bits per heavy atom. The Balaban J connectivity index is 2.23. The first-order chi connectivity index (χ1) is 7.36. The molecule has 0 radical (unpaired) electrons. The Morgan fingerprint density at radius 2 is 1.93 bits per heavy atom. The number of carbonyl (C=O) groups is 1. The molecule has 0 aromatic heterocycles. The molecule has 0 spiro atoms. The van der Waals surface area contributed by atoms with Gasteiger partial charge in [0.2, 0.25) is 6.41 Å². The van der Waals surface area contributed by atoms with E-state index in [4.69, 9.17) is 11.6 Å². The Bertz CT molecular complexity index is 276. The molecule has 2 nitrogen and oxygen atoms in total. The van der Waals surface area contributed by atoms with Crippen molar-refractivity contribution in [1.29, 1.82) is 0 Å². The van der Waals surface area contributed by atoms with E-state index >= 15 is 0 Å². The molecule has 0 aliphatic carbocycles. The highest BCUT2D eigenvalue weighted by Gasteiger charge is 2.00. The van der Waals surface area contributed by atoms with Crippen LogP contribution in [0.2, 0.25) is 0 Å². The van der Waals surface area contributed by atoms with Gasteiger partial charge in [0.25, 0.3) is 0 Å². The first kappa shape index (κ1) is 12.1. The standard InChI is InChI=1S/C12H16ClNO/c13-8-10-14(11-15)9-4-7-12-5-2-1-3-6-12/h1-3,5-6,11H,4,7-10H2. The largest absolute Gasteiger partial charge is 0.344 e. The van der Waals surface area contributed by atoms with E-state index in [-0.39, 0.29) is 0 Å². The van der Waals surface area contributed by atoms with E-state index in [9.17, 15) is 4.79 Å². The summed E-state index contributed by atoms with van der Waals surface area (Å²) in [5.41, 5.74) is 1.31. The summed E-state index contributed by atoms with van der Waals surface area (Å²) in [4.78, 5) is 12.3. The molecule has 0 fully saturated rings. The first-order valence-electron chi connectivity index (χ1n) is 5.16. The van der Waals surface area contributed by atoms with Gasteiger partial charge >= 0.3 is 0 Å². The van der Waals surface area contributed by atoms with Crippen LogP contribution in [0.25, 0.3) is 0 Å². The number of carbonyl (C=O) groups excluding carboxylic acids is 1. The summed E-state index contributed by atoms with van der Waals surface area (Å²) in [5, 5.41) is 0. The van der Waals surface area contributed by atoms with Gasteiger partial charge in [-0.3, -0.25) is 4.79 Å². The van der Waals surface area contributed by atoms with Gasteiger partial charge in [-0.25, -0.2) is 0 Å². The summed E-state index contributed by atoms with van der Waals surface area (Å²) in [6.45, 7) is 1.42. The molecule has 3 heteroatoms.